The number of hydrogen-bond donors (Lipinski definition) is 2. The molecule has 1 heterocycles. The molecule has 0 saturated carbocycles. The van der Waals surface area contributed by atoms with Gasteiger partial charge in [-0.1, -0.05) is 18.2 Å². The third-order valence-corrected chi connectivity index (χ3v) is 4.00. The first-order valence-electron chi connectivity index (χ1n) is 5.14. The monoisotopic (exact) mass is 286 g/mol. The van der Waals surface area contributed by atoms with Crippen LogP contribution in [0.2, 0.25) is 0 Å². The zero-order valence-electron chi connectivity index (χ0n) is 9.36. The maximum absolute atomic E-state index is 11.9. The largest absolute Gasteiger partial charge is 0.326 e. The second kappa shape index (κ2) is 4.72. The molecule has 1 aromatic carbocycles. The van der Waals surface area contributed by atoms with E-state index in [2.05, 4.69) is 16.6 Å². The molecule has 1 amide bonds. The van der Waals surface area contributed by atoms with Gasteiger partial charge in [-0.3, -0.25) is 4.79 Å². The molecule has 96 valence electrons. The van der Waals surface area contributed by atoms with Crippen molar-refractivity contribution in [3.63, 3.8) is 0 Å². The quantitative estimate of drug-likeness (QED) is 0.874. The summed E-state index contributed by atoms with van der Waals surface area (Å²) in [4.78, 5) is 11.3. The predicted octanol–water partition coefficient (Wildman–Crippen LogP) is 1.21. The van der Waals surface area contributed by atoms with E-state index in [4.69, 9.17) is 11.6 Å². The molecule has 5 nitrogen and oxygen atoms in total. The molecule has 0 unspecified atom stereocenters. The number of nitrogens with one attached hydrogen (secondary N) is 2. The first-order valence-corrected chi connectivity index (χ1v) is 7.00. The van der Waals surface area contributed by atoms with Crippen molar-refractivity contribution >= 4 is 33.2 Å². The van der Waals surface area contributed by atoms with Crippen LogP contribution in [0.25, 0.3) is 0 Å². The van der Waals surface area contributed by atoms with Gasteiger partial charge in [-0.15, -0.1) is 0 Å². The van der Waals surface area contributed by atoms with Crippen molar-refractivity contribution in [2.75, 3.05) is 11.9 Å². The fourth-order valence-corrected chi connectivity index (χ4v) is 2.85. The number of carbonyl (C=O) groups is 1. The van der Waals surface area contributed by atoms with Crippen LogP contribution in [0.3, 0.4) is 0 Å². The van der Waals surface area contributed by atoms with E-state index < -0.39 is 10.0 Å². The lowest BCUT2D eigenvalue weighted by molar-refractivity contribution is -0.115. The summed E-state index contributed by atoms with van der Waals surface area (Å²) in [7, 11) is -3.63. The van der Waals surface area contributed by atoms with Gasteiger partial charge in [0.15, 0.2) is 0 Å². The van der Waals surface area contributed by atoms with Crippen LogP contribution in [0.15, 0.2) is 34.7 Å². The Bertz CT molecular complexity index is 625. The van der Waals surface area contributed by atoms with Crippen LogP contribution in [0, 0.1) is 0 Å². The van der Waals surface area contributed by atoms with Crippen LogP contribution in [0.1, 0.15) is 5.56 Å². The standard InChI is InChI=1S/C11H11ClN2O3S/c1-7(12)6-13-18(16,17)9-2-3-10-8(4-9)5-11(15)14-10/h2-4,13H,1,5-6H2,(H,14,15). The highest BCUT2D eigenvalue weighted by Crippen LogP contribution is 2.25. The second-order valence-corrected chi connectivity index (χ2v) is 6.19. The van der Waals surface area contributed by atoms with E-state index >= 15 is 0 Å². The smallest absolute Gasteiger partial charge is 0.240 e. The summed E-state index contributed by atoms with van der Waals surface area (Å²) in [6.45, 7) is 3.37. The number of anilines is 1. The summed E-state index contributed by atoms with van der Waals surface area (Å²) in [5.41, 5.74) is 1.33. The number of fused-ring (bicyclic) bond motifs is 1. The number of benzene rings is 1. The summed E-state index contributed by atoms with van der Waals surface area (Å²) in [6, 6.07) is 4.49. The van der Waals surface area contributed by atoms with Crippen molar-refractivity contribution in [3.8, 4) is 0 Å². The second-order valence-electron chi connectivity index (χ2n) is 3.89. The average Bonchev–Trinajstić information content (AvgIpc) is 2.65. The third kappa shape index (κ3) is 2.72. The lowest BCUT2D eigenvalue weighted by Gasteiger charge is -2.07. The number of rotatable bonds is 4. The maximum atomic E-state index is 11.9. The molecule has 0 fully saturated rings. The highest BCUT2D eigenvalue weighted by atomic mass is 35.5. The van der Waals surface area contributed by atoms with Gasteiger partial charge in [0, 0.05) is 17.3 Å². The van der Waals surface area contributed by atoms with Gasteiger partial charge in [0.25, 0.3) is 0 Å². The van der Waals surface area contributed by atoms with Gasteiger partial charge in [0.1, 0.15) is 0 Å². The molecule has 0 bridgehead atoms. The molecule has 7 heteroatoms. The van der Waals surface area contributed by atoms with E-state index in [1.807, 2.05) is 0 Å². The van der Waals surface area contributed by atoms with E-state index in [-0.39, 0.29) is 28.8 Å². The first kappa shape index (κ1) is 13.1. The Balaban J connectivity index is 2.27. The van der Waals surface area contributed by atoms with Crippen molar-refractivity contribution < 1.29 is 13.2 Å². The first-order chi connectivity index (χ1) is 8.38. The average molecular weight is 287 g/mol. The van der Waals surface area contributed by atoms with Gasteiger partial charge < -0.3 is 5.32 Å². The van der Waals surface area contributed by atoms with Gasteiger partial charge >= 0.3 is 0 Å². The molecule has 18 heavy (non-hydrogen) atoms. The zero-order chi connectivity index (χ0) is 13.3. The van der Waals surface area contributed by atoms with Gasteiger partial charge in [-0.2, -0.15) is 0 Å². The third-order valence-electron chi connectivity index (χ3n) is 2.47. The fraction of sp³-hybridized carbons (Fsp3) is 0.182. The van der Waals surface area contributed by atoms with Gasteiger partial charge in [0.05, 0.1) is 11.3 Å². The Morgan fingerprint density at radius 2 is 2.22 bits per heavy atom. The van der Waals surface area contributed by atoms with Gasteiger partial charge in [-0.25, -0.2) is 13.1 Å². The minimum Gasteiger partial charge on any atom is -0.326 e. The van der Waals surface area contributed by atoms with Crippen LogP contribution in [-0.4, -0.2) is 20.9 Å². The number of sulfonamides is 1. The van der Waals surface area contributed by atoms with E-state index in [0.717, 1.165) is 0 Å². The van der Waals surface area contributed by atoms with Gasteiger partial charge in [0.2, 0.25) is 15.9 Å². The normalized spacial score (nSPS) is 14.2. The fourth-order valence-electron chi connectivity index (χ4n) is 1.63. The topological polar surface area (TPSA) is 75.3 Å². The minimum absolute atomic E-state index is 0.0296. The molecule has 0 aliphatic carbocycles. The number of hydrogen-bond acceptors (Lipinski definition) is 3. The Kier molecular flexibility index (Phi) is 3.43. The maximum Gasteiger partial charge on any atom is 0.240 e. The summed E-state index contributed by atoms with van der Waals surface area (Å²) in [5.74, 6) is -0.137. The van der Waals surface area contributed by atoms with Gasteiger partial charge in [-0.05, 0) is 23.8 Å². The van der Waals surface area contributed by atoms with Crippen molar-refractivity contribution in [1.82, 2.24) is 4.72 Å². The van der Waals surface area contributed by atoms with Crippen molar-refractivity contribution in [3.05, 3.63) is 35.4 Å². The zero-order valence-corrected chi connectivity index (χ0v) is 10.9. The lowest BCUT2D eigenvalue weighted by Crippen LogP contribution is -2.24. The van der Waals surface area contributed by atoms with Crippen molar-refractivity contribution in [2.24, 2.45) is 0 Å². The summed E-state index contributed by atoms with van der Waals surface area (Å²) in [6.07, 6.45) is 0.195. The number of carbonyl (C=O) groups excluding carboxylic acids is 1. The highest BCUT2D eigenvalue weighted by Gasteiger charge is 2.21. The number of amides is 1. The van der Waals surface area contributed by atoms with Crippen LogP contribution < -0.4 is 10.0 Å². The molecule has 2 N–H and O–H groups in total. The highest BCUT2D eigenvalue weighted by molar-refractivity contribution is 7.89. The summed E-state index contributed by atoms with van der Waals surface area (Å²) < 4.78 is 26.1. The van der Waals surface area contributed by atoms with E-state index in [1.54, 1.807) is 6.07 Å². The predicted molar refractivity (Wildman–Crippen MR) is 69.0 cm³/mol. The van der Waals surface area contributed by atoms with Crippen LogP contribution in [0.4, 0.5) is 5.69 Å². The lowest BCUT2D eigenvalue weighted by atomic mass is 10.2. The molecule has 0 saturated heterocycles. The molecule has 0 atom stereocenters. The summed E-state index contributed by atoms with van der Waals surface area (Å²) >= 11 is 5.51. The van der Waals surface area contributed by atoms with E-state index in [1.165, 1.54) is 12.1 Å². The van der Waals surface area contributed by atoms with Crippen molar-refractivity contribution in [1.29, 1.82) is 0 Å². The minimum atomic E-state index is -3.63. The van der Waals surface area contributed by atoms with Crippen molar-refractivity contribution in [2.45, 2.75) is 11.3 Å². The van der Waals surface area contributed by atoms with E-state index in [0.29, 0.717) is 11.3 Å². The molecule has 1 aliphatic heterocycles. The van der Waals surface area contributed by atoms with Crippen LogP contribution in [0.5, 0.6) is 0 Å². The Morgan fingerprint density at radius 3 is 2.89 bits per heavy atom. The molecule has 2 rings (SSSR count). The Hall–Kier alpha value is -1.37. The van der Waals surface area contributed by atoms with Crippen LogP contribution in [-0.2, 0) is 21.2 Å². The number of halogens is 1. The molecule has 0 radical (unpaired) electrons. The Morgan fingerprint density at radius 1 is 1.50 bits per heavy atom. The van der Waals surface area contributed by atoms with Crippen LogP contribution >= 0.6 is 11.6 Å². The molecular formula is C11H11ClN2O3S. The molecular weight excluding hydrogens is 276 g/mol. The summed E-state index contributed by atoms with van der Waals surface area (Å²) in [5, 5.41) is 2.84. The van der Waals surface area contributed by atoms with E-state index in [9.17, 15) is 13.2 Å². The molecule has 1 aromatic rings. The molecule has 1 aliphatic rings. The Labute approximate surface area is 110 Å². The molecule has 0 aromatic heterocycles. The SMILES string of the molecule is C=C(Cl)CNS(=O)(=O)c1ccc2c(c1)CC(=O)N2. The molecule has 0 spiro atoms.